The number of pyridine rings is 1. The number of benzene rings is 3. The largest absolute Gasteiger partial charge is 0.422 e. The maximum Gasteiger partial charge on any atom is 0.349 e. The second-order valence-corrected chi connectivity index (χ2v) is 11.9. The summed E-state index contributed by atoms with van der Waals surface area (Å²) in [5.74, 6) is -0.909. The van der Waals surface area contributed by atoms with Gasteiger partial charge in [0, 0.05) is 59.5 Å². The van der Waals surface area contributed by atoms with Gasteiger partial charge in [0.05, 0.1) is 11.4 Å². The zero-order chi connectivity index (χ0) is 31.9. The second-order valence-electron chi connectivity index (χ2n) is 11.9. The first-order valence-corrected chi connectivity index (χ1v) is 15.1. The van der Waals surface area contributed by atoms with Gasteiger partial charge in [0.25, 0.3) is 17.4 Å². The molecule has 0 radical (unpaired) electrons. The predicted octanol–water partition coefficient (Wildman–Crippen LogP) is 5.29. The zero-order valence-corrected chi connectivity index (χ0v) is 25.0. The van der Waals surface area contributed by atoms with Crippen LogP contribution in [0, 0.1) is 5.92 Å². The Labute approximate surface area is 263 Å². The first kappa shape index (κ1) is 29.0. The predicted molar refractivity (Wildman–Crippen MR) is 175 cm³/mol. The maximum absolute atomic E-state index is 13.6. The van der Waals surface area contributed by atoms with Crippen LogP contribution in [0.5, 0.6) is 0 Å². The molecule has 0 aliphatic carbocycles. The Morgan fingerprint density at radius 1 is 0.783 bits per heavy atom. The quantitative estimate of drug-likeness (QED) is 0.196. The number of para-hydroxylation sites is 1. The van der Waals surface area contributed by atoms with Gasteiger partial charge in [-0.25, -0.2) is 4.79 Å². The number of aromatic nitrogens is 1. The third-order valence-electron chi connectivity index (χ3n) is 8.74. The number of nitrogens with zero attached hydrogens (tertiary/aromatic N) is 2. The second kappa shape index (κ2) is 11.6. The van der Waals surface area contributed by atoms with Gasteiger partial charge < -0.3 is 24.5 Å². The third-order valence-corrected chi connectivity index (χ3v) is 8.74. The summed E-state index contributed by atoms with van der Waals surface area (Å²) in [6, 6.07) is 25.5. The molecule has 4 heterocycles. The lowest BCUT2D eigenvalue weighted by Gasteiger charge is -2.44. The number of ketones is 1. The molecule has 1 fully saturated rings. The van der Waals surface area contributed by atoms with Gasteiger partial charge >= 0.3 is 5.63 Å². The van der Waals surface area contributed by atoms with Crippen molar-refractivity contribution in [3.63, 3.8) is 0 Å². The van der Waals surface area contributed by atoms with Crippen molar-refractivity contribution in [3.8, 4) is 0 Å². The maximum atomic E-state index is 13.6. The van der Waals surface area contributed by atoms with E-state index in [0.717, 1.165) is 12.1 Å². The number of hydrogen-bond acceptors (Lipinski definition) is 7. The lowest BCUT2D eigenvalue weighted by molar-refractivity contribution is 0.101. The topological polar surface area (TPSA) is 131 Å². The van der Waals surface area contributed by atoms with Crippen molar-refractivity contribution >= 4 is 45.6 Å². The Balaban J connectivity index is 1.24. The number of rotatable bonds is 6. The fraction of sp³-hybridized carbons (Fsp3) is 0.194. The lowest BCUT2D eigenvalue weighted by Crippen LogP contribution is -2.47. The summed E-state index contributed by atoms with van der Waals surface area (Å²) < 4.78 is 7.26. The van der Waals surface area contributed by atoms with E-state index in [1.54, 1.807) is 78.9 Å². The van der Waals surface area contributed by atoms with Crippen molar-refractivity contribution in [1.29, 1.82) is 0 Å². The molecule has 3 aromatic carbocycles. The number of carbonyl (C=O) groups excluding carboxylic acids is 3. The molecule has 0 spiro atoms. The number of amides is 2. The van der Waals surface area contributed by atoms with Crippen LogP contribution in [0.3, 0.4) is 0 Å². The monoisotopic (exact) mass is 614 g/mol. The van der Waals surface area contributed by atoms with Crippen LogP contribution < -0.4 is 26.7 Å². The standard InChI is InChI=1S/C36H30N4O6/c1-21(41)23-7-4-8-27(15-23)37-34(43)25-12-13-31(39-18-22-14-26(20-39)30-9-5-11-33(42)40(30)19-22)29(17-25)38-35(44)28-16-24-6-2-3-10-32(24)46-36(28)45/h2-13,15-17,22,26H,14,18-20H2,1H3,(H,37,43)(H,38,44). The van der Waals surface area contributed by atoms with Gasteiger partial charge in [0.15, 0.2) is 5.78 Å². The van der Waals surface area contributed by atoms with Crippen LogP contribution >= 0.6 is 0 Å². The molecule has 7 rings (SSSR count). The molecule has 2 aliphatic heterocycles. The molecule has 2 bridgehead atoms. The minimum Gasteiger partial charge on any atom is -0.422 e. The molecule has 230 valence electrons. The highest BCUT2D eigenvalue weighted by Crippen LogP contribution is 2.39. The number of hydrogen-bond donors (Lipinski definition) is 2. The summed E-state index contributed by atoms with van der Waals surface area (Å²) in [7, 11) is 0. The van der Waals surface area contributed by atoms with Crippen molar-refractivity contribution in [2.75, 3.05) is 28.6 Å². The lowest BCUT2D eigenvalue weighted by atomic mass is 9.83. The third kappa shape index (κ3) is 5.49. The molecule has 10 heteroatoms. The van der Waals surface area contributed by atoms with Crippen molar-refractivity contribution < 1.29 is 18.8 Å². The average Bonchev–Trinajstić information content (AvgIpc) is 3.05. The van der Waals surface area contributed by atoms with Crippen LogP contribution in [0.1, 0.15) is 56.0 Å². The fourth-order valence-corrected chi connectivity index (χ4v) is 6.58. The molecule has 1 saturated heterocycles. The van der Waals surface area contributed by atoms with Crippen molar-refractivity contribution in [2.24, 2.45) is 5.92 Å². The van der Waals surface area contributed by atoms with E-state index < -0.39 is 17.4 Å². The van der Waals surface area contributed by atoms with E-state index in [0.29, 0.717) is 53.2 Å². The molecule has 2 unspecified atom stereocenters. The van der Waals surface area contributed by atoms with E-state index in [9.17, 15) is 24.0 Å². The molecule has 2 aliphatic rings. The van der Waals surface area contributed by atoms with E-state index in [1.165, 1.54) is 13.0 Å². The van der Waals surface area contributed by atoms with Gasteiger partial charge in [0.2, 0.25) is 0 Å². The van der Waals surface area contributed by atoms with Crippen molar-refractivity contribution in [1.82, 2.24) is 4.57 Å². The van der Waals surface area contributed by atoms with Gasteiger partial charge in [-0.1, -0.05) is 36.4 Å². The van der Waals surface area contributed by atoms with Crippen LogP contribution in [0.4, 0.5) is 17.1 Å². The summed E-state index contributed by atoms with van der Waals surface area (Å²) in [5, 5.41) is 6.32. The van der Waals surface area contributed by atoms with Crippen LogP contribution in [0.15, 0.2) is 105 Å². The number of Topliss-reactive ketones (excluding diaryl/α,β-unsaturated/α-hetero) is 1. The van der Waals surface area contributed by atoms with Gasteiger partial charge in [-0.3, -0.25) is 19.2 Å². The fourth-order valence-electron chi connectivity index (χ4n) is 6.58. The minimum atomic E-state index is -0.772. The van der Waals surface area contributed by atoms with E-state index in [1.807, 2.05) is 10.6 Å². The molecule has 0 saturated carbocycles. The zero-order valence-electron chi connectivity index (χ0n) is 25.0. The Kier molecular flexibility index (Phi) is 7.32. The molecule has 2 N–H and O–H groups in total. The van der Waals surface area contributed by atoms with Crippen molar-refractivity contribution in [2.45, 2.75) is 25.8 Å². The van der Waals surface area contributed by atoms with Crippen molar-refractivity contribution in [3.05, 3.63) is 134 Å². The molecule has 2 atom stereocenters. The average molecular weight is 615 g/mol. The Morgan fingerprint density at radius 3 is 2.46 bits per heavy atom. The SMILES string of the molecule is CC(=O)c1cccc(NC(=O)c2ccc(N3CC4CC(C3)c3cccc(=O)n3C4)c(NC(=O)c3cc4ccccc4oc3=O)c2)c1. The summed E-state index contributed by atoms with van der Waals surface area (Å²) in [4.78, 5) is 66.4. The molecule has 10 nitrogen and oxygen atoms in total. The normalized spacial score (nSPS) is 16.8. The van der Waals surface area contributed by atoms with E-state index in [2.05, 4.69) is 15.5 Å². The molecular weight excluding hydrogens is 584 g/mol. The van der Waals surface area contributed by atoms with Gasteiger partial charge in [0.1, 0.15) is 11.1 Å². The van der Waals surface area contributed by atoms with Crippen LogP contribution in [-0.2, 0) is 6.54 Å². The van der Waals surface area contributed by atoms with E-state index in [-0.39, 0.29) is 34.3 Å². The Hall–Kier alpha value is -5.77. The van der Waals surface area contributed by atoms with Crippen LogP contribution in [0.2, 0.25) is 0 Å². The van der Waals surface area contributed by atoms with Gasteiger partial charge in [-0.15, -0.1) is 0 Å². The van der Waals surface area contributed by atoms with Gasteiger partial charge in [-0.05, 0) is 67.8 Å². The van der Waals surface area contributed by atoms with Gasteiger partial charge in [-0.2, -0.15) is 0 Å². The highest BCUT2D eigenvalue weighted by atomic mass is 16.4. The van der Waals surface area contributed by atoms with E-state index in [4.69, 9.17) is 4.42 Å². The molecule has 2 aromatic heterocycles. The minimum absolute atomic E-state index is 0.00739. The number of fused-ring (bicyclic) bond motifs is 5. The summed E-state index contributed by atoms with van der Waals surface area (Å²) in [6.45, 7) is 3.30. The smallest absolute Gasteiger partial charge is 0.349 e. The first-order valence-electron chi connectivity index (χ1n) is 15.1. The number of carbonyl (C=O) groups is 3. The Morgan fingerprint density at radius 2 is 1.61 bits per heavy atom. The molecule has 46 heavy (non-hydrogen) atoms. The Bertz CT molecular complexity index is 2170. The number of anilines is 3. The van der Waals surface area contributed by atoms with E-state index >= 15 is 0 Å². The highest BCUT2D eigenvalue weighted by molar-refractivity contribution is 6.10. The molecule has 2 amide bonds. The summed E-state index contributed by atoms with van der Waals surface area (Å²) >= 11 is 0. The first-order chi connectivity index (χ1) is 22.2. The number of nitrogens with one attached hydrogen (secondary N) is 2. The van der Waals surface area contributed by atoms with Crippen LogP contribution in [-0.4, -0.2) is 35.3 Å². The number of piperidine rings is 1. The highest BCUT2D eigenvalue weighted by Gasteiger charge is 2.35. The summed E-state index contributed by atoms with van der Waals surface area (Å²) in [6.07, 6.45) is 0.944. The molecular formula is C36H30N4O6. The summed E-state index contributed by atoms with van der Waals surface area (Å²) in [5.41, 5.74) is 2.65. The van der Waals surface area contributed by atoms with Crippen LogP contribution in [0.25, 0.3) is 11.0 Å². The molecule has 5 aromatic rings.